The summed E-state index contributed by atoms with van der Waals surface area (Å²) in [7, 11) is 0. The molecule has 2 bridgehead atoms. The van der Waals surface area contributed by atoms with Crippen LogP contribution in [0.4, 0.5) is 0 Å². The van der Waals surface area contributed by atoms with E-state index >= 15 is 0 Å². The van der Waals surface area contributed by atoms with E-state index in [2.05, 4.69) is 4.90 Å². The molecule has 2 aromatic heterocycles. The van der Waals surface area contributed by atoms with Crippen LogP contribution in [0.1, 0.15) is 23.2 Å². The number of fused-ring (bicyclic) bond motifs is 4. The number of carbonyl (C=O) groups excluding carboxylic acids is 1. The predicted molar refractivity (Wildman–Crippen MR) is 76.9 cm³/mol. The Bertz CT molecular complexity index is 624. The first-order chi connectivity index (χ1) is 10.3. The summed E-state index contributed by atoms with van der Waals surface area (Å²) in [6.07, 6.45) is 6.94. The number of furan rings is 2. The fourth-order valence-corrected chi connectivity index (χ4v) is 3.32. The van der Waals surface area contributed by atoms with Gasteiger partial charge in [-0.05, 0) is 25.0 Å². The third-order valence-corrected chi connectivity index (χ3v) is 4.57. The van der Waals surface area contributed by atoms with Crippen molar-refractivity contribution in [2.45, 2.75) is 18.9 Å². The normalized spacial score (nSPS) is 25.0. The lowest BCUT2D eigenvalue weighted by Gasteiger charge is -2.31. The van der Waals surface area contributed by atoms with Gasteiger partial charge >= 0.3 is 0 Å². The second-order valence-electron chi connectivity index (χ2n) is 5.78. The van der Waals surface area contributed by atoms with Gasteiger partial charge in [0.2, 0.25) is 0 Å². The molecule has 1 amide bonds. The van der Waals surface area contributed by atoms with Gasteiger partial charge in [0.25, 0.3) is 5.91 Å². The molecule has 3 fully saturated rings. The molecule has 3 aliphatic heterocycles. The van der Waals surface area contributed by atoms with Crippen LogP contribution >= 0.6 is 0 Å². The SMILES string of the molecule is O=C(c1coc(-c2ccoc2)c1)N1CCN2CCC1CC2. The second-order valence-corrected chi connectivity index (χ2v) is 5.78. The minimum atomic E-state index is 0.0854. The van der Waals surface area contributed by atoms with E-state index in [0.717, 1.165) is 44.6 Å². The monoisotopic (exact) mass is 286 g/mol. The third kappa shape index (κ3) is 2.27. The highest BCUT2D eigenvalue weighted by Gasteiger charge is 2.32. The van der Waals surface area contributed by atoms with E-state index in [9.17, 15) is 4.79 Å². The van der Waals surface area contributed by atoms with Crippen LogP contribution in [-0.4, -0.2) is 47.9 Å². The summed E-state index contributed by atoms with van der Waals surface area (Å²) in [6.45, 7) is 4.02. The highest BCUT2D eigenvalue weighted by molar-refractivity contribution is 5.95. The minimum absolute atomic E-state index is 0.0854. The van der Waals surface area contributed by atoms with Crippen LogP contribution in [0.3, 0.4) is 0 Å². The number of carbonyl (C=O) groups is 1. The summed E-state index contributed by atoms with van der Waals surface area (Å²) in [5.74, 6) is 0.761. The van der Waals surface area contributed by atoms with Crippen molar-refractivity contribution >= 4 is 5.91 Å². The van der Waals surface area contributed by atoms with Gasteiger partial charge < -0.3 is 18.6 Å². The van der Waals surface area contributed by atoms with Crippen LogP contribution < -0.4 is 0 Å². The van der Waals surface area contributed by atoms with Gasteiger partial charge in [-0.3, -0.25) is 4.79 Å². The number of piperidine rings is 1. The van der Waals surface area contributed by atoms with Crippen LogP contribution in [0.25, 0.3) is 11.3 Å². The molecule has 0 N–H and O–H groups in total. The zero-order chi connectivity index (χ0) is 14.2. The lowest BCUT2D eigenvalue weighted by Crippen LogP contribution is -2.41. The van der Waals surface area contributed by atoms with Gasteiger partial charge in [0.05, 0.1) is 17.4 Å². The van der Waals surface area contributed by atoms with Gasteiger partial charge in [-0.2, -0.15) is 0 Å². The molecule has 5 heterocycles. The van der Waals surface area contributed by atoms with Crippen molar-refractivity contribution in [2.75, 3.05) is 26.2 Å². The summed E-state index contributed by atoms with van der Waals surface area (Å²) in [6, 6.07) is 4.02. The first-order valence-electron chi connectivity index (χ1n) is 7.46. The molecule has 0 spiro atoms. The van der Waals surface area contributed by atoms with E-state index < -0.39 is 0 Å². The first kappa shape index (κ1) is 12.7. The Morgan fingerprint density at radius 2 is 2.00 bits per heavy atom. The fourth-order valence-electron chi connectivity index (χ4n) is 3.32. The van der Waals surface area contributed by atoms with Crippen molar-refractivity contribution in [3.63, 3.8) is 0 Å². The summed E-state index contributed by atoms with van der Waals surface area (Å²) < 4.78 is 10.6. The molecule has 21 heavy (non-hydrogen) atoms. The van der Waals surface area contributed by atoms with E-state index in [-0.39, 0.29) is 5.91 Å². The first-order valence-corrected chi connectivity index (χ1v) is 7.46. The maximum Gasteiger partial charge on any atom is 0.257 e. The Hall–Kier alpha value is -2.01. The van der Waals surface area contributed by atoms with Gasteiger partial charge in [-0.25, -0.2) is 0 Å². The number of amides is 1. The quantitative estimate of drug-likeness (QED) is 0.851. The highest BCUT2D eigenvalue weighted by atomic mass is 16.3. The van der Waals surface area contributed by atoms with E-state index in [0.29, 0.717) is 17.4 Å². The average Bonchev–Trinajstić information content (AvgIpc) is 3.12. The topological polar surface area (TPSA) is 49.8 Å². The van der Waals surface area contributed by atoms with E-state index in [1.54, 1.807) is 18.8 Å². The number of rotatable bonds is 2. The molecule has 5 heteroatoms. The Labute approximate surface area is 123 Å². The lowest BCUT2D eigenvalue weighted by atomic mass is 10.0. The van der Waals surface area contributed by atoms with E-state index in [1.807, 2.05) is 17.0 Å². The van der Waals surface area contributed by atoms with Crippen molar-refractivity contribution in [3.05, 3.63) is 36.5 Å². The predicted octanol–water partition coefficient (Wildman–Crippen LogP) is 2.46. The van der Waals surface area contributed by atoms with Crippen LogP contribution in [0.2, 0.25) is 0 Å². The molecule has 5 rings (SSSR count). The Balaban J connectivity index is 1.57. The fraction of sp³-hybridized carbons (Fsp3) is 0.438. The van der Waals surface area contributed by atoms with Gasteiger partial charge in [-0.15, -0.1) is 0 Å². The minimum Gasteiger partial charge on any atom is -0.472 e. The summed E-state index contributed by atoms with van der Waals surface area (Å²) >= 11 is 0. The van der Waals surface area contributed by atoms with Crippen molar-refractivity contribution in [3.8, 4) is 11.3 Å². The maximum atomic E-state index is 12.7. The Morgan fingerprint density at radius 3 is 2.76 bits per heavy atom. The van der Waals surface area contributed by atoms with E-state index in [1.165, 1.54) is 0 Å². The second kappa shape index (κ2) is 5.07. The largest absolute Gasteiger partial charge is 0.472 e. The number of nitrogens with zero attached hydrogens (tertiary/aromatic N) is 2. The van der Waals surface area contributed by atoms with Gasteiger partial charge in [0.15, 0.2) is 0 Å². The summed E-state index contributed by atoms with van der Waals surface area (Å²) in [5, 5.41) is 0. The zero-order valence-electron chi connectivity index (χ0n) is 11.8. The van der Waals surface area contributed by atoms with Crippen LogP contribution in [0.15, 0.2) is 39.8 Å². The molecular weight excluding hydrogens is 268 g/mol. The molecule has 0 aliphatic carbocycles. The van der Waals surface area contributed by atoms with Gasteiger partial charge in [-0.1, -0.05) is 0 Å². The molecule has 0 unspecified atom stereocenters. The summed E-state index contributed by atoms with van der Waals surface area (Å²) in [4.78, 5) is 17.2. The van der Waals surface area contributed by atoms with Crippen molar-refractivity contribution in [1.82, 2.24) is 9.80 Å². The molecule has 5 nitrogen and oxygen atoms in total. The standard InChI is InChI=1S/C16H18N2O3/c19-16(18-7-6-17-4-1-14(18)2-5-17)13-9-15(21-11-13)12-3-8-20-10-12/h3,8-11,14H,1-2,4-7H2. The maximum absolute atomic E-state index is 12.7. The van der Waals surface area contributed by atoms with Gasteiger partial charge in [0, 0.05) is 32.2 Å². The molecule has 0 atom stereocenters. The summed E-state index contributed by atoms with van der Waals surface area (Å²) in [5.41, 5.74) is 1.49. The van der Waals surface area contributed by atoms with E-state index in [4.69, 9.17) is 8.83 Å². The zero-order valence-corrected chi connectivity index (χ0v) is 11.8. The van der Waals surface area contributed by atoms with Crippen LogP contribution in [-0.2, 0) is 0 Å². The third-order valence-electron chi connectivity index (χ3n) is 4.57. The van der Waals surface area contributed by atoms with Crippen LogP contribution in [0.5, 0.6) is 0 Å². The van der Waals surface area contributed by atoms with Gasteiger partial charge in [0.1, 0.15) is 18.3 Å². The van der Waals surface area contributed by atoms with Crippen LogP contribution in [0, 0.1) is 0 Å². The molecular formula is C16H18N2O3. The van der Waals surface area contributed by atoms with Crippen molar-refractivity contribution in [2.24, 2.45) is 0 Å². The molecule has 110 valence electrons. The van der Waals surface area contributed by atoms with Crippen molar-refractivity contribution < 1.29 is 13.6 Å². The molecule has 2 aromatic rings. The molecule has 0 saturated carbocycles. The average molecular weight is 286 g/mol. The Kier molecular flexibility index (Phi) is 3.07. The smallest absolute Gasteiger partial charge is 0.257 e. The van der Waals surface area contributed by atoms with Crippen molar-refractivity contribution in [1.29, 1.82) is 0 Å². The number of hydrogen-bond acceptors (Lipinski definition) is 4. The molecule has 0 aromatic carbocycles. The highest BCUT2D eigenvalue weighted by Crippen LogP contribution is 2.26. The number of hydrogen-bond donors (Lipinski definition) is 0. The molecule has 0 radical (unpaired) electrons. The lowest BCUT2D eigenvalue weighted by molar-refractivity contribution is 0.0684. The Morgan fingerprint density at radius 1 is 1.14 bits per heavy atom. The molecule has 3 aliphatic rings. The molecule has 3 saturated heterocycles.